The molecule has 3 aliphatic rings. The molecule has 2 aromatic rings. The Bertz CT molecular complexity index is 1390. The highest BCUT2D eigenvalue weighted by Gasteiger charge is 2.40. The van der Waals surface area contributed by atoms with E-state index < -0.39 is 17.8 Å². The number of carbonyl (C=O) groups is 4. The molecule has 8 nitrogen and oxygen atoms in total. The van der Waals surface area contributed by atoms with E-state index in [0.717, 1.165) is 5.56 Å². The molecule has 2 aromatic carbocycles. The number of aliphatic imine (C=N–C) groups is 1. The Labute approximate surface area is 214 Å². The van der Waals surface area contributed by atoms with Crippen LogP contribution < -0.4 is 5.32 Å². The number of benzene rings is 2. The SMILES string of the molecule is O=C1CCC(N2Cc3c(N=CC4=C(O)CC(c5ccc(F)cc5Br)CC4=O)cccc3C2=O)C(=O)N1. The predicted molar refractivity (Wildman–Crippen MR) is 131 cm³/mol. The zero-order valence-corrected chi connectivity index (χ0v) is 20.5. The summed E-state index contributed by atoms with van der Waals surface area (Å²) in [5, 5.41) is 12.9. The predicted octanol–water partition coefficient (Wildman–Crippen LogP) is 4.01. The maximum absolute atomic E-state index is 13.4. The number of carbonyl (C=O) groups excluding carboxylic acids is 4. The maximum atomic E-state index is 13.4. The number of halogens is 2. The van der Waals surface area contributed by atoms with Crippen LogP contribution in [0.5, 0.6) is 0 Å². The van der Waals surface area contributed by atoms with Crippen molar-refractivity contribution in [2.45, 2.75) is 44.2 Å². The summed E-state index contributed by atoms with van der Waals surface area (Å²) in [6.45, 7) is 0.146. The van der Waals surface area contributed by atoms with E-state index in [9.17, 15) is 28.7 Å². The lowest BCUT2D eigenvalue weighted by Gasteiger charge is -2.29. The van der Waals surface area contributed by atoms with E-state index in [1.54, 1.807) is 24.3 Å². The highest BCUT2D eigenvalue weighted by Crippen LogP contribution is 2.38. The fourth-order valence-electron chi connectivity index (χ4n) is 4.93. The number of piperidine rings is 1. The molecule has 1 fully saturated rings. The molecule has 2 unspecified atom stereocenters. The van der Waals surface area contributed by atoms with Crippen LogP contribution in [-0.2, 0) is 20.9 Å². The summed E-state index contributed by atoms with van der Waals surface area (Å²) in [5.41, 5.74) is 2.30. The second-order valence-electron chi connectivity index (χ2n) is 9.02. The Balaban J connectivity index is 1.38. The van der Waals surface area contributed by atoms with E-state index in [2.05, 4.69) is 26.2 Å². The van der Waals surface area contributed by atoms with Crippen molar-refractivity contribution in [1.29, 1.82) is 0 Å². The van der Waals surface area contributed by atoms with Gasteiger partial charge in [0.1, 0.15) is 17.6 Å². The fourth-order valence-corrected chi connectivity index (χ4v) is 5.61. The number of imide groups is 1. The summed E-state index contributed by atoms with van der Waals surface area (Å²) in [4.78, 5) is 55.5. The summed E-state index contributed by atoms with van der Waals surface area (Å²) >= 11 is 3.32. The van der Waals surface area contributed by atoms with Crippen molar-refractivity contribution in [3.05, 3.63) is 74.7 Å². The number of nitrogens with one attached hydrogen (secondary N) is 1. The van der Waals surface area contributed by atoms with E-state index in [0.29, 0.717) is 21.3 Å². The molecule has 184 valence electrons. The van der Waals surface area contributed by atoms with E-state index in [-0.39, 0.29) is 67.1 Å². The molecular weight excluding hydrogens is 533 g/mol. The van der Waals surface area contributed by atoms with Gasteiger partial charge in [-0.25, -0.2) is 4.39 Å². The van der Waals surface area contributed by atoms with Gasteiger partial charge in [0.2, 0.25) is 11.8 Å². The quantitative estimate of drug-likeness (QED) is 0.438. The van der Waals surface area contributed by atoms with Crippen LogP contribution in [0.4, 0.5) is 10.1 Å². The summed E-state index contributed by atoms with van der Waals surface area (Å²) in [7, 11) is 0. The molecule has 2 heterocycles. The number of hydrogen-bond donors (Lipinski definition) is 2. The van der Waals surface area contributed by atoms with Crippen LogP contribution in [0.15, 0.2) is 57.2 Å². The second kappa shape index (κ2) is 9.42. The van der Waals surface area contributed by atoms with Gasteiger partial charge < -0.3 is 10.0 Å². The van der Waals surface area contributed by atoms with Gasteiger partial charge in [-0.3, -0.25) is 29.5 Å². The smallest absolute Gasteiger partial charge is 0.255 e. The Morgan fingerprint density at radius 2 is 1.94 bits per heavy atom. The molecule has 5 rings (SSSR count). The molecule has 0 radical (unpaired) electrons. The molecule has 0 aromatic heterocycles. The minimum absolute atomic E-state index is 0.0911. The number of fused-ring (bicyclic) bond motifs is 1. The number of rotatable bonds is 4. The first-order chi connectivity index (χ1) is 17.2. The zero-order valence-electron chi connectivity index (χ0n) is 19.0. The van der Waals surface area contributed by atoms with Gasteiger partial charge in [-0.2, -0.15) is 0 Å². The molecule has 10 heteroatoms. The van der Waals surface area contributed by atoms with Gasteiger partial charge in [-0.1, -0.05) is 28.1 Å². The van der Waals surface area contributed by atoms with Crippen LogP contribution in [0.2, 0.25) is 0 Å². The summed E-state index contributed by atoms with van der Waals surface area (Å²) < 4.78 is 14.0. The van der Waals surface area contributed by atoms with Gasteiger partial charge in [0.05, 0.1) is 11.3 Å². The van der Waals surface area contributed by atoms with Gasteiger partial charge in [0.25, 0.3) is 5.91 Å². The summed E-state index contributed by atoms with van der Waals surface area (Å²) in [6, 6.07) is 8.51. The highest BCUT2D eigenvalue weighted by molar-refractivity contribution is 9.10. The summed E-state index contributed by atoms with van der Waals surface area (Å²) in [5.74, 6) is -2.27. The molecule has 2 aliphatic heterocycles. The average Bonchev–Trinajstić information content (AvgIpc) is 3.15. The normalized spacial score (nSPS) is 22.4. The third kappa shape index (κ3) is 4.37. The Hall–Kier alpha value is -3.66. The van der Waals surface area contributed by atoms with E-state index >= 15 is 0 Å². The third-order valence-electron chi connectivity index (χ3n) is 6.78. The van der Waals surface area contributed by atoms with E-state index in [1.165, 1.54) is 23.2 Å². The first-order valence-corrected chi connectivity index (χ1v) is 12.2. The van der Waals surface area contributed by atoms with Crippen LogP contribution >= 0.6 is 15.9 Å². The Morgan fingerprint density at radius 1 is 1.14 bits per heavy atom. The van der Waals surface area contributed by atoms with Crippen LogP contribution in [0, 0.1) is 5.82 Å². The first-order valence-electron chi connectivity index (χ1n) is 11.4. The van der Waals surface area contributed by atoms with Crippen molar-refractivity contribution in [2.75, 3.05) is 0 Å². The van der Waals surface area contributed by atoms with Crippen LogP contribution in [-0.4, -0.2) is 45.8 Å². The molecule has 36 heavy (non-hydrogen) atoms. The van der Waals surface area contributed by atoms with Crippen molar-refractivity contribution in [3.63, 3.8) is 0 Å². The molecular formula is C26H21BrFN3O5. The minimum Gasteiger partial charge on any atom is -0.511 e. The van der Waals surface area contributed by atoms with E-state index in [4.69, 9.17) is 0 Å². The van der Waals surface area contributed by atoms with Crippen molar-refractivity contribution in [3.8, 4) is 0 Å². The van der Waals surface area contributed by atoms with Crippen LogP contribution in [0.1, 0.15) is 53.1 Å². The second-order valence-corrected chi connectivity index (χ2v) is 9.87. The number of allylic oxidation sites excluding steroid dienone is 2. The molecule has 1 saturated heterocycles. The van der Waals surface area contributed by atoms with Crippen molar-refractivity contribution < 1.29 is 28.7 Å². The van der Waals surface area contributed by atoms with Crippen molar-refractivity contribution in [2.24, 2.45) is 4.99 Å². The molecule has 2 atom stereocenters. The number of amides is 3. The average molecular weight is 554 g/mol. The fraction of sp³-hybridized carbons (Fsp3) is 0.269. The summed E-state index contributed by atoms with van der Waals surface area (Å²) in [6.07, 6.45) is 2.05. The molecule has 0 bridgehead atoms. The molecule has 0 spiro atoms. The minimum atomic E-state index is -0.742. The van der Waals surface area contributed by atoms with E-state index in [1.807, 2.05) is 0 Å². The zero-order chi connectivity index (χ0) is 25.6. The highest BCUT2D eigenvalue weighted by atomic mass is 79.9. The molecule has 3 amide bonds. The number of aliphatic hydroxyl groups is 1. The van der Waals surface area contributed by atoms with Crippen LogP contribution in [0.3, 0.4) is 0 Å². The maximum Gasteiger partial charge on any atom is 0.255 e. The lowest BCUT2D eigenvalue weighted by Crippen LogP contribution is -2.52. The lowest BCUT2D eigenvalue weighted by atomic mass is 9.83. The van der Waals surface area contributed by atoms with Gasteiger partial charge >= 0.3 is 0 Å². The number of ketones is 1. The van der Waals surface area contributed by atoms with Crippen molar-refractivity contribution in [1.82, 2.24) is 10.2 Å². The van der Waals surface area contributed by atoms with Gasteiger partial charge in [-0.15, -0.1) is 0 Å². The Kier molecular flexibility index (Phi) is 6.29. The van der Waals surface area contributed by atoms with Gasteiger partial charge in [0, 0.05) is 47.6 Å². The first kappa shape index (κ1) is 24.1. The topological polar surface area (TPSA) is 116 Å². The van der Waals surface area contributed by atoms with Gasteiger partial charge in [0.15, 0.2) is 5.78 Å². The Morgan fingerprint density at radius 3 is 2.67 bits per heavy atom. The largest absolute Gasteiger partial charge is 0.511 e. The van der Waals surface area contributed by atoms with Crippen LogP contribution in [0.25, 0.3) is 0 Å². The number of Topliss-reactive ketones (excluding diaryl/α,β-unsaturated/α-hetero) is 1. The number of aliphatic hydroxyl groups excluding tert-OH is 1. The number of nitrogens with zero attached hydrogens (tertiary/aromatic N) is 2. The standard InChI is InChI=1S/C26H21BrFN3O5/c27-19-10-14(28)4-5-15(19)13-8-22(32)17(23(33)9-13)11-29-20-3-1-2-16-18(20)12-31(26(16)36)21-6-7-24(34)30-25(21)35/h1-5,10-11,13,21,32H,6-9,12H2,(H,30,34,35). The third-order valence-corrected chi connectivity index (χ3v) is 7.46. The lowest BCUT2D eigenvalue weighted by molar-refractivity contribution is -0.137. The number of hydrogen-bond acceptors (Lipinski definition) is 6. The molecule has 1 aliphatic carbocycles. The van der Waals surface area contributed by atoms with Gasteiger partial charge in [-0.05, 0) is 42.2 Å². The monoisotopic (exact) mass is 553 g/mol. The molecule has 0 saturated carbocycles. The molecule has 2 N–H and O–H groups in total. The van der Waals surface area contributed by atoms with Crippen molar-refractivity contribution >= 4 is 51.3 Å².